The van der Waals surface area contributed by atoms with Crippen molar-refractivity contribution in [2.75, 3.05) is 13.7 Å². The van der Waals surface area contributed by atoms with Gasteiger partial charge in [0.05, 0.1) is 19.3 Å². The van der Waals surface area contributed by atoms with Crippen molar-refractivity contribution in [3.63, 3.8) is 0 Å². The largest absolute Gasteiger partial charge is 0.497 e. The van der Waals surface area contributed by atoms with E-state index in [1.807, 2.05) is 36.4 Å². The molecule has 0 aromatic heterocycles. The smallest absolute Gasteiger partial charge is 0.338 e. The summed E-state index contributed by atoms with van der Waals surface area (Å²) in [6, 6.07) is 13.2. The van der Waals surface area contributed by atoms with Gasteiger partial charge < -0.3 is 14.2 Å². The fourth-order valence-electron chi connectivity index (χ4n) is 2.90. The van der Waals surface area contributed by atoms with Crippen molar-refractivity contribution in [2.24, 2.45) is 0 Å². The predicted molar refractivity (Wildman–Crippen MR) is 96.2 cm³/mol. The summed E-state index contributed by atoms with van der Waals surface area (Å²) in [5.41, 5.74) is 2.72. The molecule has 0 spiro atoms. The molecule has 1 unspecified atom stereocenters. The van der Waals surface area contributed by atoms with Gasteiger partial charge in [0.25, 0.3) is 0 Å². The number of rotatable bonds is 7. The first-order valence-electron chi connectivity index (χ1n) is 8.36. The number of benzene rings is 2. The van der Waals surface area contributed by atoms with Crippen molar-refractivity contribution in [1.29, 1.82) is 0 Å². The van der Waals surface area contributed by atoms with E-state index in [4.69, 9.17) is 25.8 Å². The zero-order valence-electron chi connectivity index (χ0n) is 14.2. The summed E-state index contributed by atoms with van der Waals surface area (Å²) < 4.78 is 16.4. The quantitative estimate of drug-likeness (QED) is 0.541. The molecular weight excluding hydrogens is 340 g/mol. The Bertz CT molecular complexity index is 727. The van der Waals surface area contributed by atoms with E-state index in [0.717, 1.165) is 35.4 Å². The molecule has 0 amide bonds. The first-order valence-corrected chi connectivity index (χ1v) is 8.73. The molecule has 1 aliphatic rings. The van der Waals surface area contributed by atoms with E-state index in [2.05, 4.69) is 0 Å². The zero-order chi connectivity index (χ0) is 17.6. The highest BCUT2D eigenvalue weighted by Gasteiger charge is 2.26. The third kappa shape index (κ3) is 4.74. The number of hydrogen-bond acceptors (Lipinski definition) is 4. The summed E-state index contributed by atoms with van der Waals surface area (Å²) in [6.07, 6.45) is 2.28. The van der Waals surface area contributed by atoms with Crippen molar-refractivity contribution < 1.29 is 19.0 Å². The van der Waals surface area contributed by atoms with Crippen molar-refractivity contribution in [2.45, 2.75) is 32.0 Å². The van der Waals surface area contributed by atoms with E-state index in [0.29, 0.717) is 24.5 Å². The summed E-state index contributed by atoms with van der Waals surface area (Å²) in [6.45, 7) is 1.19. The Balaban J connectivity index is 1.43. The molecule has 0 bridgehead atoms. The minimum absolute atomic E-state index is 0.0903. The van der Waals surface area contributed by atoms with Gasteiger partial charge in [-0.25, -0.2) is 4.79 Å². The molecule has 0 aliphatic carbocycles. The number of ether oxygens (including phenoxy) is 3. The van der Waals surface area contributed by atoms with Gasteiger partial charge in [-0.15, -0.1) is 0 Å². The molecular formula is C20H21ClO4. The molecule has 2 aromatic carbocycles. The Labute approximate surface area is 152 Å². The van der Waals surface area contributed by atoms with Crippen molar-refractivity contribution in [1.82, 2.24) is 0 Å². The number of methoxy groups -OCH3 is 1. The second-order valence-corrected chi connectivity index (χ2v) is 6.51. The average Bonchev–Trinajstić information content (AvgIpc) is 2.63. The molecule has 0 radical (unpaired) electrons. The first kappa shape index (κ1) is 17.8. The van der Waals surface area contributed by atoms with Crippen LogP contribution in [-0.4, -0.2) is 25.8 Å². The van der Waals surface area contributed by atoms with E-state index in [-0.39, 0.29) is 12.1 Å². The normalized spacial score (nSPS) is 16.2. The van der Waals surface area contributed by atoms with Crippen LogP contribution in [0.25, 0.3) is 0 Å². The highest BCUT2D eigenvalue weighted by atomic mass is 35.5. The molecule has 0 saturated carbocycles. The van der Waals surface area contributed by atoms with Gasteiger partial charge in [-0.1, -0.05) is 29.8 Å². The van der Waals surface area contributed by atoms with Crippen LogP contribution in [0.1, 0.15) is 34.3 Å². The lowest BCUT2D eigenvalue weighted by Crippen LogP contribution is -2.28. The molecule has 1 heterocycles. The van der Waals surface area contributed by atoms with Gasteiger partial charge in [0, 0.05) is 18.1 Å². The lowest BCUT2D eigenvalue weighted by Gasteiger charge is -2.25. The second kappa shape index (κ2) is 8.37. The number of hydrogen-bond donors (Lipinski definition) is 0. The van der Waals surface area contributed by atoms with E-state index >= 15 is 0 Å². The van der Waals surface area contributed by atoms with Crippen LogP contribution in [0, 0.1) is 0 Å². The molecule has 25 heavy (non-hydrogen) atoms. The third-order valence-corrected chi connectivity index (χ3v) is 4.51. The fourth-order valence-corrected chi connectivity index (χ4v) is 3.02. The van der Waals surface area contributed by atoms with Crippen LogP contribution in [0.5, 0.6) is 5.75 Å². The maximum atomic E-state index is 12.1. The monoisotopic (exact) mass is 360 g/mol. The van der Waals surface area contributed by atoms with Crippen molar-refractivity contribution in [3.8, 4) is 5.75 Å². The Kier molecular flexibility index (Phi) is 5.95. The number of cyclic esters (lactones) is 1. The Morgan fingerprint density at radius 1 is 1.20 bits per heavy atom. The van der Waals surface area contributed by atoms with Crippen LogP contribution in [0.2, 0.25) is 5.02 Å². The Hall–Kier alpha value is -2.04. The highest BCUT2D eigenvalue weighted by molar-refractivity contribution is 6.30. The lowest BCUT2D eigenvalue weighted by molar-refractivity contribution is 0.0200. The molecule has 3 rings (SSSR count). The predicted octanol–water partition coefficient (Wildman–Crippen LogP) is 4.43. The minimum Gasteiger partial charge on any atom is -0.497 e. The minimum atomic E-state index is -0.271. The zero-order valence-corrected chi connectivity index (χ0v) is 14.9. The van der Waals surface area contributed by atoms with E-state index in [1.54, 1.807) is 13.2 Å². The molecule has 1 aliphatic heterocycles. The fraction of sp³-hybridized carbons (Fsp3) is 0.350. The molecule has 1 atom stereocenters. The lowest BCUT2D eigenvalue weighted by atomic mass is 9.96. The summed E-state index contributed by atoms with van der Waals surface area (Å²) in [5, 5.41) is 0.723. The van der Waals surface area contributed by atoms with Gasteiger partial charge in [-0.3, -0.25) is 0 Å². The van der Waals surface area contributed by atoms with Crippen LogP contribution < -0.4 is 4.74 Å². The summed E-state index contributed by atoms with van der Waals surface area (Å²) in [7, 11) is 1.59. The number of halogens is 1. The molecule has 132 valence electrons. The number of fused-ring (bicyclic) bond motifs is 1. The third-order valence-electron chi connectivity index (χ3n) is 4.25. The van der Waals surface area contributed by atoms with Gasteiger partial charge >= 0.3 is 5.97 Å². The van der Waals surface area contributed by atoms with Crippen molar-refractivity contribution in [3.05, 3.63) is 64.2 Å². The van der Waals surface area contributed by atoms with E-state index in [1.165, 1.54) is 0 Å². The average molecular weight is 361 g/mol. The Morgan fingerprint density at radius 3 is 2.76 bits per heavy atom. The molecule has 0 N–H and O–H groups in total. The van der Waals surface area contributed by atoms with E-state index in [9.17, 15) is 4.79 Å². The maximum Gasteiger partial charge on any atom is 0.338 e. The number of carbonyl (C=O) groups excluding carboxylic acids is 1. The highest BCUT2D eigenvalue weighted by Crippen LogP contribution is 2.26. The summed E-state index contributed by atoms with van der Waals surface area (Å²) in [4.78, 5) is 12.1. The first-order chi connectivity index (χ1) is 12.2. The van der Waals surface area contributed by atoms with Gasteiger partial charge in [0.15, 0.2) is 0 Å². The van der Waals surface area contributed by atoms with Gasteiger partial charge in [-0.05, 0) is 48.2 Å². The molecule has 0 saturated heterocycles. The molecule has 0 fully saturated rings. The summed E-state index contributed by atoms with van der Waals surface area (Å²) >= 11 is 5.86. The standard InChI is InChI=1S/C20H21ClO4/c1-23-17-9-6-15-11-18(25-20(22)19(15)12-17)3-2-10-24-13-14-4-7-16(21)8-5-14/h4-9,12,18H,2-3,10-11,13H2,1H3. The number of carbonyl (C=O) groups is 1. The van der Waals surface area contributed by atoms with Crippen LogP contribution in [0.4, 0.5) is 0 Å². The summed E-state index contributed by atoms with van der Waals surface area (Å²) in [5.74, 6) is 0.400. The maximum absolute atomic E-state index is 12.1. The van der Waals surface area contributed by atoms with Gasteiger partial charge in [0.2, 0.25) is 0 Å². The molecule has 4 nitrogen and oxygen atoms in total. The molecule has 2 aromatic rings. The molecule has 5 heteroatoms. The van der Waals surface area contributed by atoms with Crippen LogP contribution in [-0.2, 0) is 22.5 Å². The Morgan fingerprint density at radius 2 is 2.00 bits per heavy atom. The van der Waals surface area contributed by atoms with Crippen LogP contribution in [0.3, 0.4) is 0 Å². The second-order valence-electron chi connectivity index (χ2n) is 6.08. The topological polar surface area (TPSA) is 44.8 Å². The van der Waals surface area contributed by atoms with Crippen LogP contribution >= 0.6 is 11.6 Å². The number of esters is 1. The SMILES string of the molecule is COc1ccc2c(c1)C(=O)OC(CCCOCc1ccc(Cl)cc1)C2. The van der Waals surface area contributed by atoms with Crippen LogP contribution in [0.15, 0.2) is 42.5 Å². The van der Waals surface area contributed by atoms with Gasteiger partial charge in [0.1, 0.15) is 11.9 Å². The van der Waals surface area contributed by atoms with Crippen molar-refractivity contribution >= 4 is 17.6 Å². The van der Waals surface area contributed by atoms with E-state index < -0.39 is 0 Å². The van der Waals surface area contributed by atoms with Gasteiger partial charge in [-0.2, -0.15) is 0 Å².